The van der Waals surface area contributed by atoms with Gasteiger partial charge in [0.1, 0.15) is 11.4 Å². The van der Waals surface area contributed by atoms with Crippen LogP contribution in [0.2, 0.25) is 0 Å². The number of H-pyrrole nitrogens is 2. The molecule has 0 aliphatic carbocycles. The van der Waals surface area contributed by atoms with Gasteiger partial charge >= 0.3 is 0 Å². The topological polar surface area (TPSA) is 98.8 Å². The number of pyridine rings is 3. The second kappa shape index (κ2) is 7.86. The Morgan fingerprint density at radius 2 is 1.70 bits per heavy atom. The van der Waals surface area contributed by atoms with Crippen LogP contribution in [-0.4, -0.2) is 75.4 Å². The number of nitrogens with zero attached hydrogens (tertiary/aromatic N) is 6. The van der Waals surface area contributed by atoms with Crippen LogP contribution in [0.15, 0.2) is 49.2 Å². The maximum absolute atomic E-state index is 5.32. The summed E-state index contributed by atoms with van der Waals surface area (Å²) in [7, 11) is 3.80. The number of piperazine rings is 1. The molecule has 0 saturated carbocycles. The van der Waals surface area contributed by atoms with Crippen LogP contribution >= 0.6 is 0 Å². The molecule has 0 unspecified atom stereocenters. The molecule has 0 spiro atoms. The predicted molar refractivity (Wildman–Crippen MR) is 128 cm³/mol. The highest BCUT2D eigenvalue weighted by Gasteiger charge is 2.19. The van der Waals surface area contributed by atoms with Gasteiger partial charge in [0.05, 0.1) is 42.6 Å². The van der Waals surface area contributed by atoms with Crippen molar-refractivity contribution in [2.24, 2.45) is 0 Å². The highest BCUT2D eigenvalue weighted by molar-refractivity contribution is 5.99. The molecule has 9 heteroatoms. The number of aromatic amines is 2. The Morgan fingerprint density at radius 1 is 0.879 bits per heavy atom. The van der Waals surface area contributed by atoms with Gasteiger partial charge in [-0.2, -0.15) is 5.10 Å². The molecule has 9 nitrogen and oxygen atoms in total. The number of likely N-dealkylation sites (N-methyl/N-ethyl adjacent to an activating group) is 1. The Bertz CT molecular complexity index is 1450. The van der Waals surface area contributed by atoms with Crippen molar-refractivity contribution < 1.29 is 4.74 Å². The molecular formula is C24H24N8O. The maximum Gasteiger partial charge on any atom is 0.155 e. The zero-order valence-corrected chi connectivity index (χ0v) is 18.5. The summed E-state index contributed by atoms with van der Waals surface area (Å²) in [6, 6.07) is 6.20. The zero-order valence-electron chi connectivity index (χ0n) is 18.5. The van der Waals surface area contributed by atoms with Crippen molar-refractivity contribution in [1.82, 2.24) is 35.0 Å². The molecule has 0 aromatic carbocycles. The van der Waals surface area contributed by atoms with E-state index in [4.69, 9.17) is 4.74 Å². The van der Waals surface area contributed by atoms with Gasteiger partial charge in [-0.1, -0.05) is 0 Å². The van der Waals surface area contributed by atoms with Gasteiger partial charge in [-0.25, -0.2) is 4.98 Å². The molecule has 1 fully saturated rings. The Kier molecular flexibility index (Phi) is 4.69. The number of ether oxygens (including phenoxy) is 1. The molecule has 0 radical (unpaired) electrons. The summed E-state index contributed by atoms with van der Waals surface area (Å²) in [5.41, 5.74) is 6.54. The van der Waals surface area contributed by atoms with Crippen LogP contribution in [0.4, 0.5) is 5.69 Å². The Labute approximate surface area is 190 Å². The average molecular weight is 441 g/mol. The van der Waals surface area contributed by atoms with Crippen LogP contribution in [0.3, 0.4) is 0 Å². The molecule has 6 rings (SSSR count). The van der Waals surface area contributed by atoms with E-state index in [0.717, 1.165) is 76.3 Å². The number of nitrogens with one attached hydrogen (secondary N) is 2. The summed E-state index contributed by atoms with van der Waals surface area (Å²) in [4.78, 5) is 21.6. The second-order valence-electron chi connectivity index (χ2n) is 8.40. The predicted octanol–water partition coefficient (Wildman–Crippen LogP) is 3.32. The molecule has 1 saturated heterocycles. The Hall–Kier alpha value is -3.98. The quantitative estimate of drug-likeness (QED) is 0.442. The van der Waals surface area contributed by atoms with Gasteiger partial charge in [-0.3, -0.25) is 15.1 Å². The fourth-order valence-electron chi connectivity index (χ4n) is 4.42. The number of aromatic nitrogens is 6. The number of rotatable bonds is 4. The van der Waals surface area contributed by atoms with Crippen molar-refractivity contribution in [3.05, 3.63) is 49.2 Å². The number of anilines is 1. The van der Waals surface area contributed by atoms with E-state index >= 15 is 0 Å². The molecule has 33 heavy (non-hydrogen) atoms. The van der Waals surface area contributed by atoms with Crippen LogP contribution in [0.1, 0.15) is 0 Å². The van der Waals surface area contributed by atoms with Crippen molar-refractivity contribution in [3.63, 3.8) is 0 Å². The molecule has 5 aromatic heterocycles. The summed E-state index contributed by atoms with van der Waals surface area (Å²) in [5.74, 6) is 0.708. The number of methoxy groups -OCH3 is 1. The van der Waals surface area contributed by atoms with Crippen molar-refractivity contribution >= 4 is 27.6 Å². The normalized spacial score (nSPS) is 14.9. The van der Waals surface area contributed by atoms with Gasteiger partial charge in [0.15, 0.2) is 5.65 Å². The third-order valence-corrected chi connectivity index (χ3v) is 6.32. The average Bonchev–Trinajstić information content (AvgIpc) is 3.48. The van der Waals surface area contributed by atoms with Gasteiger partial charge in [0, 0.05) is 60.5 Å². The maximum atomic E-state index is 5.32. The Morgan fingerprint density at radius 3 is 2.55 bits per heavy atom. The molecular weight excluding hydrogens is 416 g/mol. The van der Waals surface area contributed by atoms with E-state index in [2.05, 4.69) is 59.1 Å². The van der Waals surface area contributed by atoms with Gasteiger partial charge < -0.3 is 19.5 Å². The first-order chi connectivity index (χ1) is 16.2. The van der Waals surface area contributed by atoms with Gasteiger partial charge in [0.25, 0.3) is 0 Å². The van der Waals surface area contributed by atoms with Crippen molar-refractivity contribution in [3.8, 4) is 28.3 Å². The minimum atomic E-state index is 0.708. The number of hydrogen-bond acceptors (Lipinski definition) is 7. The lowest BCUT2D eigenvalue weighted by Crippen LogP contribution is -2.44. The van der Waals surface area contributed by atoms with Gasteiger partial charge in [-0.05, 0) is 25.2 Å². The van der Waals surface area contributed by atoms with E-state index in [1.54, 1.807) is 13.3 Å². The fraction of sp³-hybridized carbons (Fsp3) is 0.250. The minimum absolute atomic E-state index is 0.708. The highest BCUT2D eigenvalue weighted by atomic mass is 16.5. The largest absolute Gasteiger partial charge is 0.495 e. The molecule has 0 amide bonds. The summed E-state index contributed by atoms with van der Waals surface area (Å²) in [6.07, 6.45) is 9.15. The smallest absolute Gasteiger partial charge is 0.155 e. The van der Waals surface area contributed by atoms with Crippen LogP contribution in [0.5, 0.6) is 5.75 Å². The summed E-state index contributed by atoms with van der Waals surface area (Å²) < 4.78 is 5.32. The number of fused-ring (bicyclic) bond motifs is 2. The molecule has 5 aromatic rings. The van der Waals surface area contributed by atoms with Crippen LogP contribution in [-0.2, 0) is 0 Å². The summed E-state index contributed by atoms with van der Waals surface area (Å²) >= 11 is 0. The molecule has 0 atom stereocenters. The van der Waals surface area contributed by atoms with E-state index in [-0.39, 0.29) is 0 Å². The SMILES string of the molecule is COc1cncc(-c2cnc3[nH]nc(-c4cc5c(N6CCN(C)CC6)cncc5[nH]4)c3c2)c1. The Balaban J connectivity index is 1.43. The van der Waals surface area contributed by atoms with E-state index in [1.807, 2.05) is 30.9 Å². The van der Waals surface area contributed by atoms with E-state index in [9.17, 15) is 0 Å². The lowest BCUT2D eigenvalue weighted by atomic mass is 10.1. The first kappa shape index (κ1) is 19.7. The summed E-state index contributed by atoms with van der Waals surface area (Å²) in [5, 5.41) is 9.74. The first-order valence-corrected chi connectivity index (χ1v) is 10.9. The van der Waals surface area contributed by atoms with Crippen molar-refractivity contribution in [2.75, 3.05) is 45.2 Å². The summed E-state index contributed by atoms with van der Waals surface area (Å²) in [6.45, 7) is 4.08. The standard InChI is InChI=1S/C24H24N8O/c1-31-3-5-32(6-4-31)22-14-26-13-21-18(22)9-20(28-21)23-19-8-16(11-27-24(19)30-29-23)15-7-17(33-2)12-25-10-15/h7-14,28H,3-6H2,1-2H3,(H,27,29,30). The van der Waals surface area contributed by atoms with E-state index in [1.165, 1.54) is 0 Å². The van der Waals surface area contributed by atoms with Crippen LogP contribution < -0.4 is 9.64 Å². The van der Waals surface area contributed by atoms with Crippen LogP contribution in [0.25, 0.3) is 44.5 Å². The monoisotopic (exact) mass is 440 g/mol. The third kappa shape index (κ3) is 3.46. The number of hydrogen-bond donors (Lipinski definition) is 2. The molecule has 166 valence electrons. The van der Waals surface area contributed by atoms with E-state index < -0.39 is 0 Å². The zero-order chi connectivity index (χ0) is 22.4. The highest BCUT2D eigenvalue weighted by Crippen LogP contribution is 2.34. The molecule has 0 bridgehead atoms. The minimum Gasteiger partial charge on any atom is -0.495 e. The van der Waals surface area contributed by atoms with Crippen molar-refractivity contribution in [2.45, 2.75) is 0 Å². The first-order valence-electron chi connectivity index (χ1n) is 10.9. The fourth-order valence-corrected chi connectivity index (χ4v) is 4.42. The van der Waals surface area contributed by atoms with Crippen LogP contribution in [0, 0.1) is 0 Å². The second-order valence-corrected chi connectivity index (χ2v) is 8.40. The molecule has 2 N–H and O–H groups in total. The van der Waals surface area contributed by atoms with Gasteiger partial charge in [-0.15, -0.1) is 0 Å². The lowest BCUT2D eigenvalue weighted by molar-refractivity contribution is 0.313. The molecule has 1 aliphatic heterocycles. The molecule has 1 aliphatic rings. The third-order valence-electron chi connectivity index (χ3n) is 6.32. The van der Waals surface area contributed by atoms with Gasteiger partial charge in [0.2, 0.25) is 0 Å². The molecule has 6 heterocycles. The van der Waals surface area contributed by atoms with Crippen molar-refractivity contribution in [1.29, 1.82) is 0 Å². The lowest BCUT2D eigenvalue weighted by Gasteiger charge is -2.34. The van der Waals surface area contributed by atoms with E-state index in [0.29, 0.717) is 5.75 Å².